The maximum Gasteiger partial charge on any atom is 0.300 e. The summed E-state index contributed by atoms with van der Waals surface area (Å²) in [6, 6.07) is 14.9. The number of rotatable bonds is 7. The molecule has 1 N–H and O–H groups in total. The van der Waals surface area contributed by atoms with Gasteiger partial charge in [0.25, 0.3) is 5.56 Å². The maximum atomic E-state index is 13.0. The number of amides is 1. The van der Waals surface area contributed by atoms with Crippen LogP contribution < -0.4 is 15.6 Å². The Morgan fingerprint density at radius 2 is 1.89 bits per heavy atom. The zero-order valence-corrected chi connectivity index (χ0v) is 21.7. The van der Waals surface area contributed by atoms with Crippen LogP contribution in [-0.2, 0) is 4.79 Å². The molecule has 4 unspecified atom stereocenters. The van der Waals surface area contributed by atoms with Gasteiger partial charge in [-0.3, -0.25) is 9.59 Å². The second kappa shape index (κ2) is 9.78. The summed E-state index contributed by atoms with van der Waals surface area (Å²) in [4.78, 5) is 35.3. The number of fused-ring (bicyclic) bond motifs is 5. The summed E-state index contributed by atoms with van der Waals surface area (Å²) in [5.74, 6) is 2.85. The highest BCUT2D eigenvalue weighted by Crippen LogP contribution is 2.49. The molecule has 4 aromatic rings. The van der Waals surface area contributed by atoms with Gasteiger partial charge in [-0.15, -0.1) is 0 Å². The molecule has 2 heterocycles. The molecule has 190 valence electrons. The lowest BCUT2D eigenvalue weighted by atomic mass is 9.83. The van der Waals surface area contributed by atoms with Crippen molar-refractivity contribution in [3.05, 3.63) is 58.9 Å². The van der Waals surface area contributed by atoms with Crippen molar-refractivity contribution in [2.45, 2.75) is 43.8 Å². The molecule has 0 radical (unpaired) electrons. The van der Waals surface area contributed by atoms with E-state index < -0.39 is 5.56 Å². The second-order valence-corrected chi connectivity index (χ2v) is 10.9. The van der Waals surface area contributed by atoms with E-state index in [1.165, 1.54) is 31.0 Å². The number of carbonyl (C=O) groups excluding carboxylic acids is 1. The molecule has 2 fully saturated rings. The first-order valence-electron chi connectivity index (χ1n) is 12.8. The second-order valence-electron chi connectivity index (χ2n) is 9.93. The Morgan fingerprint density at radius 3 is 2.68 bits per heavy atom. The van der Waals surface area contributed by atoms with E-state index in [1.54, 1.807) is 35.9 Å². The molecule has 2 aromatic carbocycles. The van der Waals surface area contributed by atoms with Crippen molar-refractivity contribution in [1.29, 1.82) is 0 Å². The van der Waals surface area contributed by atoms with Crippen molar-refractivity contribution in [3.8, 4) is 17.0 Å². The number of nitrogens with one attached hydrogen (secondary N) is 1. The molecular weight excluding hydrogens is 486 g/mol. The summed E-state index contributed by atoms with van der Waals surface area (Å²) in [5, 5.41) is 9.25. The number of aromatic nitrogens is 4. The van der Waals surface area contributed by atoms with Crippen molar-refractivity contribution in [3.63, 3.8) is 0 Å². The standard InChI is InChI=1S/C28H29N5O3S/c1-3-20-17-8-9-18(14-17)24(20)30-23(34)15-37-28-29-22-7-5-4-6-21(22)26-31-27(35)25(32-33(26)28)16-10-12-19(36-2)13-11-16/h4-7,10-13,17-18,20,24H,3,8-9,14-15H2,1-2H3,(H,30,34). The number of carbonyl (C=O) groups is 1. The third-order valence-corrected chi connectivity index (χ3v) is 8.87. The van der Waals surface area contributed by atoms with Crippen molar-refractivity contribution in [2.24, 2.45) is 17.8 Å². The van der Waals surface area contributed by atoms with Gasteiger partial charge in [0.2, 0.25) is 5.91 Å². The molecule has 2 saturated carbocycles. The predicted octanol–water partition coefficient (Wildman–Crippen LogP) is 4.35. The van der Waals surface area contributed by atoms with E-state index in [0.29, 0.717) is 39.5 Å². The predicted molar refractivity (Wildman–Crippen MR) is 144 cm³/mol. The van der Waals surface area contributed by atoms with Crippen LogP contribution in [0.15, 0.2) is 58.5 Å². The van der Waals surface area contributed by atoms with E-state index in [2.05, 4.69) is 22.3 Å². The SMILES string of the molecule is CCC1C2CCC(C2)C1NC(=O)CSc1nc2ccccc2c2nc(=O)c(-c3ccc(OC)cc3)nn12. The molecule has 0 spiro atoms. The number of nitrogens with zero attached hydrogens (tertiary/aromatic N) is 4. The first kappa shape index (κ1) is 23.9. The summed E-state index contributed by atoms with van der Waals surface area (Å²) in [6.07, 6.45) is 4.86. The third-order valence-electron chi connectivity index (χ3n) is 7.94. The molecule has 4 atom stereocenters. The first-order valence-corrected chi connectivity index (χ1v) is 13.8. The molecule has 0 aliphatic heterocycles. The fourth-order valence-electron chi connectivity index (χ4n) is 6.21. The van der Waals surface area contributed by atoms with Gasteiger partial charge in [0, 0.05) is 17.0 Å². The van der Waals surface area contributed by atoms with Crippen LogP contribution in [0.1, 0.15) is 32.6 Å². The summed E-state index contributed by atoms with van der Waals surface area (Å²) < 4.78 is 6.82. The molecule has 2 bridgehead atoms. The molecule has 6 rings (SSSR count). The number of benzene rings is 2. The smallest absolute Gasteiger partial charge is 0.300 e. The zero-order chi connectivity index (χ0) is 25.5. The summed E-state index contributed by atoms with van der Waals surface area (Å²) in [5.41, 5.74) is 1.57. The largest absolute Gasteiger partial charge is 0.497 e. The van der Waals surface area contributed by atoms with E-state index >= 15 is 0 Å². The van der Waals surface area contributed by atoms with Crippen molar-refractivity contribution in [1.82, 2.24) is 24.9 Å². The van der Waals surface area contributed by atoms with Crippen molar-refractivity contribution in [2.75, 3.05) is 12.9 Å². The van der Waals surface area contributed by atoms with Gasteiger partial charge >= 0.3 is 0 Å². The molecule has 2 aliphatic carbocycles. The molecule has 9 heteroatoms. The van der Waals surface area contributed by atoms with Crippen molar-refractivity contribution < 1.29 is 9.53 Å². The number of para-hydroxylation sites is 1. The number of ether oxygens (including phenoxy) is 1. The van der Waals surface area contributed by atoms with Crippen LogP contribution in [0.2, 0.25) is 0 Å². The van der Waals surface area contributed by atoms with E-state index in [-0.39, 0.29) is 23.4 Å². The highest BCUT2D eigenvalue weighted by Gasteiger charge is 2.46. The Hall–Kier alpha value is -3.46. The Kier molecular flexibility index (Phi) is 6.32. The molecular formula is C28H29N5O3S. The van der Waals surface area contributed by atoms with Crippen LogP contribution in [0.25, 0.3) is 27.8 Å². The lowest BCUT2D eigenvalue weighted by molar-refractivity contribution is -0.120. The fraction of sp³-hybridized carbons (Fsp3) is 0.393. The highest BCUT2D eigenvalue weighted by atomic mass is 32.2. The van der Waals surface area contributed by atoms with Crippen LogP contribution in [0.3, 0.4) is 0 Å². The number of hydrogen-bond acceptors (Lipinski definition) is 7. The summed E-state index contributed by atoms with van der Waals surface area (Å²) in [6.45, 7) is 2.23. The van der Waals surface area contributed by atoms with E-state index in [1.807, 2.05) is 24.3 Å². The normalized spacial score (nSPS) is 22.5. The minimum absolute atomic E-state index is 0.00786. The minimum Gasteiger partial charge on any atom is -0.497 e. The maximum absolute atomic E-state index is 13.0. The summed E-state index contributed by atoms with van der Waals surface area (Å²) >= 11 is 1.32. The van der Waals surface area contributed by atoms with E-state index in [4.69, 9.17) is 9.72 Å². The van der Waals surface area contributed by atoms with Gasteiger partial charge in [0.1, 0.15) is 5.75 Å². The van der Waals surface area contributed by atoms with Gasteiger partial charge in [-0.2, -0.15) is 14.6 Å². The van der Waals surface area contributed by atoms with Crippen molar-refractivity contribution >= 4 is 34.2 Å². The van der Waals surface area contributed by atoms with Crippen LogP contribution in [0.5, 0.6) is 5.75 Å². The number of hydrogen-bond donors (Lipinski definition) is 1. The van der Waals surface area contributed by atoms with Gasteiger partial charge in [-0.05, 0) is 73.4 Å². The quantitative estimate of drug-likeness (QED) is 0.222. The molecule has 2 aromatic heterocycles. The third kappa shape index (κ3) is 4.35. The lowest BCUT2D eigenvalue weighted by Gasteiger charge is -2.31. The molecule has 2 aliphatic rings. The van der Waals surface area contributed by atoms with Gasteiger partial charge in [0.15, 0.2) is 16.5 Å². The zero-order valence-electron chi connectivity index (χ0n) is 20.9. The average molecular weight is 516 g/mol. The van der Waals surface area contributed by atoms with Gasteiger partial charge in [-0.1, -0.05) is 37.2 Å². The Bertz CT molecular complexity index is 1540. The fourth-order valence-corrected chi connectivity index (χ4v) is 6.96. The molecule has 0 saturated heterocycles. The topological polar surface area (TPSA) is 98.5 Å². The van der Waals surface area contributed by atoms with Crippen LogP contribution in [0.4, 0.5) is 0 Å². The van der Waals surface area contributed by atoms with Gasteiger partial charge in [-0.25, -0.2) is 4.98 Å². The van der Waals surface area contributed by atoms with Gasteiger partial charge in [0.05, 0.1) is 18.4 Å². The van der Waals surface area contributed by atoms with Gasteiger partial charge < -0.3 is 10.1 Å². The average Bonchev–Trinajstić information content (AvgIpc) is 3.53. The molecule has 1 amide bonds. The monoisotopic (exact) mass is 515 g/mol. The Balaban J connectivity index is 1.33. The first-order chi connectivity index (χ1) is 18.1. The van der Waals surface area contributed by atoms with Crippen LogP contribution >= 0.6 is 11.8 Å². The van der Waals surface area contributed by atoms with E-state index in [9.17, 15) is 9.59 Å². The molecule has 37 heavy (non-hydrogen) atoms. The lowest BCUT2D eigenvalue weighted by Crippen LogP contribution is -2.44. The minimum atomic E-state index is -0.419. The van der Waals surface area contributed by atoms with Crippen LogP contribution in [0, 0.1) is 17.8 Å². The number of methoxy groups -OCH3 is 1. The molecule has 8 nitrogen and oxygen atoms in total. The summed E-state index contributed by atoms with van der Waals surface area (Å²) in [7, 11) is 1.59. The Morgan fingerprint density at radius 1 is 1.11 bits per heavy atom. The van der Waals surface area contributed by atoms with E-state index in [0.717, 1.165) is 17.7 Å². The Labute approximate surface area is 218 Å². The highest BCUT2D eigenvalue weighted by molar-refractivity contribution is 7.99. The number of thioether (sulfide) groups is 1. The van der Waals surface area contributed by atoms with Crippen LogP contribution in [-0.4, -0.2) is 44.4 Å².